The predicted octanol–water partition coefficient (Wildman–Crippen LogP) is 3.25. The lowest BCUT2D eigenvalue weighted by Gasteiger charge is -2.29. The first kappa shape index (κ1) is 19.2. The summed E-state index contributed by atoms with van der Waals surface area (Å²) in [7, 11) is 0. The molecule has 144 valence electrons. The molecule has 2 aromatic rings. The Morgan fingerprint density at radius 1 is 1.41 bits per heavy atom. The topological polar surface area (TPSA) is 117 Å². The van der Waals surface area contributed by atoms with E-state index in [0.717, 1.165) is 25.7 Å². The number of aryl methyl sites for hydroxylation is 1. The van der Waals surface area contributed by atoms with Gasteiger partial charge in [-0.2, -0.15) is 0 Å². The molecule has 27 heavy (non-hydrogen) atoms. The molecule has 2 heterocycles. The van der Waals surface area contributed by atoms with E-state index in [9.17, 15) is 9.59 Å². The molecule has 2 atom stereocenters. The number of amides is 2. The van der Waals surface area contributed by atoms with Crippen LogP contribution in [-0.2, 0) is 0 Å². The normalized spacial score (nSPS) is 19.5. The number of carbonyl (C=O) groups excluding carboxylic acids is 1. The molecule has 1 fully saturated rings. The molecule has 2 aromatic heterocycles. The number of hydrogen-bond donors (Lipinski definition) is 3. The lowest BCUT2D eigenvalue weighted by molar-refractivity contribution is 0.0917. The Kier molecular flexibility index (Phi) is 5.95. The van der Waals surface area contributed by atoms with Gasteiger partial charge in [-0.1, -0.05) is 23.2 Å². The molecule has 0 spiro atoms. The average Bonchev–Trinajstić information content (AvgIpc) is 3.02. The van der Waals surface area contributed by atoms with Gasteiger partial charge in [-0.15, -0.1) is 0 Å². The third-order valence-corrected chi connectivity index (χ3v) is 5.10. The van der Waals surface area contributed by atoms with Gasteiger partial charge in [0.15, 0.2) is 0 Å². The van der Waals surface area contributed by atoms with Crippen LogP contribution in [0.2, 0.25) is 5.02 Å². The fraction of sp³-hybridized carbons (Fsp3) is 0.444. The van der Waals surface area contributed by atoms with Crippen molar-refractivity contribution in [2.75, 3.05) is 6.54 Å². The molecule has 9 heteroatoms. The Balaban J connectivity index is 1.72. The summed E-state index contributed by atoms with van der Waals surface area (Å²) in [5, 5.41) is 18.6. The van der Waals surface area contributed by atoms with Crippen LogP contribution >= 0.6 is 11.6 Å². The van der Waals surface area contributed by atoms with Crippen LogP contribution in [-0.4, -0.2) is 39.8 Å². The minimum atomic E-state index is -1.03. The van der Waals surface area contributed by atoms with Crippen molar-refractivity contribution in [2.45, 2.75) is 38.6 Å². The fourth-order valence-corrected chi connectivity index (χ4v) is 3.67. The maximum Gasteiger partial charge on any atom is 0.404 e. The van der Waals surface area contributed by atoms with Crippen molar-refractivity contribution >= 4 is 23.6 Å². The van der Waals surface area contributed by atoms with Gasteiger partial charge in [0, 0.05) is 30.5 Å². The molecule has 0 radical (unpaired) electrons. The van der Waals surface area contributed by atoms with E-state index in [1.165, 1.54) is 0 Å². The van der Waals surface area contributed by atoms with E-state index in [-0.39, 0.29) is 17.9 Å². The number of nitrogens with one attached hydrogen (secondary N) is 2. The number of rotatable bonds is 5. The van der Waals surface area contributed by atoms with Crippen molar-refractivity contribution in [1.29, 1.82) is 0 Å². The zero-order valence-corrected chi connectivity index (χ0v) is 15.6. The number of halogens is 1. The van der Waals surface area contributed by atoms with E-state index in [4.69, 9.17) is 21.2 Å². The maximum atomic E-state index is 12.9. The van der Waals surface area contributed by atoms with Gasteiger partial charge in [0.05, 0.1) is 5.02 Å². The van der Waals surface area contributed by atoms with Gasteiger partial charge in [0.1, 0.15) is 17.0 Å². The summed E-state index contributed by atoms with van der Waals surface area (Å²) in [6.45, 7) is 2.07. The molecule has 2 unspecified atom stereocenters. The minimum Gasteiger partial charge on any atom is -0.465 e. The van der Waals surface area contributed by atoms with Crippen LogP contribution in [0.4, 0.5) is 4.79 Å². The second-order valence-corrected chi connectivity index (χ2v) is 7.11. The number of pyridine rings is 1. The van der Waals surface area contributed by atoms with Crippen molar-refractivity contribution in [1.82, 2.24) is 20.8 Å². The Hall–Kier alpha value is -2.61. The van der Waals surface area contributed by atoms with Gasteiger partial charge in [-0.05, 0) is 38.2 Å². The summed E-state index contributed by atoms with van der Waals surface area (Å²) in [5.74, 6) is 0.332. The van der Waals surface area contributed by atoms with Crippen molar-refractivity contribution in [3.8, 4) is 11.3 Å². The summed E-state index contributed by atoms with van der Waals surface area (Å²) in [6.07, 6.45) is 5.52. The summed E-state index contributed by atoms with van der Waals surface area (Å²) in [6, 6.07) is 1.60. The predicted molar refractivity (Wildman–Crippen MR) is 98.7 cm³/mol. The summed E-state index contributed by atoms with van der Waals surface area (Å²) in [4.78, 5) is 27.6. The van der Waals surface area contributed by atoms with E-state index in [2.05, 4.69) is 20.8 Å². The Bertz CT molecular complexity index is 839. The molecule has 0 aromatic carbocycles. The lowest BCUT2D eigenvalue weighted by atomic mass is 9.85. The van der Waals surface area contributed by atoms with Gasteiger partial charge in [0.2, 0.25) is 0 Å². The van der Waals surface area contributed by atoms with Crippen LogP contribution in [0.5, 0.6) is 0 Å². The molecule has 0 saturated heterocycles. The first-order valence-corrected chi connectivity index (χ1v) is 9.17. The first-order valence-electron chi connectivity index (χ1n) is 8.79. The lowest BCUT2D eigenvalue weighted by Crippen LogP contribution is -2.41. The van der Waals surface area contributed by atoms with Crippen LogP contribution < -0.4 is 10.6 Å². The van der Waals surface area contributed by atoms with Crippen LogP contribution in [0.1, 0.15) is 41.8 Å². The van der Waals surface area contributed by atoms with Gasteiger partial charge < -0.3 is 20.3 Å². The van der Waals surface area contributed by atoms with Crippen molar-refractivity contribution < 1.29 is 19.2 Å². The zero-order valence-electron chi connectivity index (χ0n) is 14.9. The third kappa shape index (κ3) is 4.57. The molecule has 0 bridgehead atoms. The van der Waals surface area contributed by atoms with Crippen LogP contribution in [0.25, 0.3) is 11.3 Å². The monoisotopic (exact) mass is 392 g/mol. The highest BCUT2D eigenvalue weighted by Crippen LogP contribution is 2.31. The summed E-state index contributed by atoms with van der Waals surface area (Å²) < 4.78 is 5.23. The van der Waals surface area contributed by atoms with Crippen molar-refractivity contribution in [2.24, 2.45) is 5.92 Å². The zero-order chi connectivity index (χ0) is 19.4. The average molecular weight is 393 g/mol. The van der Waals surface area contributed by atoms with Crippen molar-refractivity contribution in [3.63, 3.8) is 0 Å². The second-order valence-electron chi connectivity index (χ2n) is 6.71. The van der Waals surface area contributed by atoms with Crippen molar-refractivity contribution in [3.05, 3.63) is 34.8 Å². The van der Waals surface area contributed by atoms with Crippen LogP contribution in [0.3, 0.4) is 0 Å². The molecular weight excluding hydrogens is 372 g/mol. The Labute approximate surface area is 161 Å². The fourth-order valence-electron chi connectivity index (χ4n) is 3.47. The van der Waals surface area contributed by atoms with Crippen LogP contribution in [0, 0.1) is 12.8 Å². The van der Waals surface area contributed by atoms with E-state index in [1.807, 2.05) is 0 Å². The van der Waals surface area contributed by atoms with Crippen LogP contribution in [0.15, 0.2) is 23.0 Å². The molecule has 1 aliphatic rings. The molecule has 3 N–H and O–H groups in total. The largest absolute Gasteiger partial charge is 0.465 e. The highest BCUT2D eigenvalue weighted by molar-refractivity contribution is 6.33. The van der Waals surface area contributed by atoms with Gasteiger partial charge in [-0.25, -0.2) is 4.79 Å². The molecule has 1 aliphatic carbocycles. The number of nitrogens with zero attached hydrogens (tertiary/aromatic N) is 2. The third-order valence-electron chi connectivity index (χ3n) is 4.77. The number of carboxylic acid groups (broad SMARTS) is 1. The maximum absolute atomic E-state index is 12.9. The van der Waals surface area contributed by atoms with E-state index in [1.54, 1.807) is 25.4 Å². The van der Waals surface area contributed by atoms with Gasteiger partial charge in [-0.3, -0.25) is 9.78 Å². The minimum absolute atomic E-state index is 0.0293. The molecule has 2 amide bonds. The Morgan fingerprint density at radius 2 is 2.22 bits per heavy atom. The standard InChI is InChI=1S/C18H21ClN4O4/c1-10-15(16(23-27-10)13-9-20-6-5-14(13)19)17(24)22-12-4-2-3-11(7-12)8-21-18(25)26/h5-6,9,11-12,21H,2-4,7-8H2,1H3,(H,22,24)(H,25,26). The molecule has 1 saturated carbocycles. The number of carbonyl (C=O) groups is 2. The summed E-state index contributed by atoms with van der Waals surface area (Å²) >= 11 is 6.21. The summed E-state index contributed by atoms with van der Waals surface area (Å²) in [5.41, 5.74) is 1.24. The van der Waals surface area contributed by atoms with E-state index < -0.39 is 6.09 Å². The molecular formula is C18H21ClN4O4. The molecule has 3 rings (SSSR count). The highest BCUT2D eigenvalue weighted by Gasteiger charge is 2.28. The van der Waals surface area contributed by atoms with E-state index in [0.29, 0.717) is 34.1 Å². The molecule has 8 nitrogen and oxygen atoms in total. The smallest absolute Gasteiger partial charge is 0.404 e. The highest BCUT2D eigenvalue weighted by atomic mass is 35.5. The quantitative estimate of drug-likeness (QED) is 0.718. The second kappa shape index (κ2) is 8.39. The number of aromatic nitrogens is 2. The van der Waals surface area contributed by atoms with E-state index >= 15 is 0 Å². The Morgan fingerprint density at radius 3 is 2.96 bits per heavy atom. The van der Waals surface area contributed by atoms with Gasteiger partial charge >= 0.3 is 6.09 Å². The molecule has 0 aliphatic heterocycles. The van der Waals surface area contributed by atoms with Gasteiger partial charge in [0.25, 0.3) is 5.91 Å². The number of hydrogen-bond acceptors (Lipinski definition) is 5. The SMILES string of the molecule is Cc1onc(-c2cnccc2Cl)c1C(=O)NC1CCCC(CNC(=O)O)C1. The first-order chi connectivity index (χ1) is 13.0.